The largest absolute Gasteiger partial charge is 0.350 e. The number of halogens is 1. The summed E-state index contributed by atoms with van der Waals surface area (Å²) in [6, 6.07) is 16.1. The van der Waals surface area contributed by atoms with Gasteiger partial charge in [-0.1, -0.05) is 65.3 Å². The second kappa shape index (κ2) is 7.92. The number of hydrogen-bond donors (Lipinski definition) is 2. The summed E-state index contributed by atoms with van der Waals surface area (Å²) < 4.78 is 0.953. The highest BCUT2D eigenvalue weighted by Crippen LogP contribution is 2.32. The Bertz CT molecular complexity index is 855. The lowest BCUT2D eigenvalue weighted by molar-refractivity contribution is -0.135. The van der Waals surface area contributed by atoms with E-state index in [-0.39, 0.29) is 12.5 Å². The molecule has 1 unspecified atom stereocenters. The molecule has 0 aliphatic carbocycles. The molecule has 0 bridgehead atoms. The Morgan fingerprint density at radius 2 is 1.78 bits per heavy atom. The first-order valence-electron chi connectivity index (χ1n) is 8.67. The fourth-order valence-electron chi connectivity index (χ4n) is 3.13. The van der Waals surface area contributed by atoms with Gasteiger partial charge in [-0.05, 0) is 29.7 Å². The molecule has 1 heterocycles. The number of amides is 4. The monoisotopic (exact) mass is 429 g/mol. The summed E-state index contributed by atoms with van der Waals surface area (Å²) in [7, 11) is 0. The number of nitrogens with zero attached hydrogens (tertiary/aromatic N) is 1. The SMILES string of the molecule is CCC1(c2ccccc2)NC(=O)N(CC(=O)NCc2ccc(Br)cc2)C1=O. The van der Waals surface area contributed by atoms with Crippen LogP contribution in [0.2, 0.25) is 0 Å². The van der Waals surface area contributed by atoms with Gasteiger partial charge in [0.15, 0.2) is 0 Å². The molecule has 2 aromatic rings. The van der Waals surface area contributed by atoms with Crippen LogP contribution >= 0.6 is 15.9 Å². The van der Waals surface area contributed by atoms with Crippen molar-refractivity contribution < 1.29 is 14.4 Å². The Hall–Kier alpha value is -2.67. The molecule has 6 nitrogen and oxygen atoms in total. The van der Waals surface area contributed by atoms with Gasteiger partial charge in [-0.15, -0.1) is 0 Å². The molecule has 2 aromatic carbocycles. The summed E-state index contributed by atoms with van der Waals surface area (Å²) in [4.78, 5) is 38.6. The van der Waals surface area contributed by atoms with Crippen LogP contribution in [0.5, 0.6) is 0 Å². The molecule has 1 fully saturated rings. The maximum Gasteiger partial charge on any atom is 0.325 e. The lowest BCUT2D eigenvalue weighted by Crippen LogP contribution is -2.44. The standard InChI is InChI=1S/C20H20BrN3O3/c1-2-20(15-6-4-3-5-7-15)18(26)24(19(27)23-20)13-17(25)22-12-14-8-10-16(21)11-9-14/h3-11H,2,12-13H2,1H3,(H,22,25)(H,23,27). The second-order valence-electron chi connectivity index (χ2n) is 6.35. The minimum Gasteiger partial charge on any atom is -0.350 e. The molecule has 27 heavy (non-hydrogen) atoms. The van der Waals surface area contributed by atoms with Crippen molar-refractivity contribution in [2.45, 2.75) is 25.4 Å². The number of imide groups is 1. The summed E-state index contributed by atoms with van der Waals surface area (Å²) in [6.07, 6.45) is 0.401. The van der Waals surface area contributed by atoms with Gasteiger partial charge in [-0.2, -0.15) is 0 Å². The van der Waals surface area contributed by atoms with Crippen LogP contribution in [0, 0.1) is 0 Å². The van der Waals surface area contributed by atoms with E-state index in [0.717, 1.165) is 14.9 Å². The van der Waals surface area contributed by atoms with E-state index in [2.05, 4.69) is 26.6 Å². The normalized spacial score (nSPS) is 19.1. The molecule has 1 aliphatic heterocycles. The quantitative estimate of drug-likeness (QED) is 0.692. The predicted octanol–water partition coefficient (Wildman–Crippen LogP) is 2.92. The zero-order valence-electron chi connectivity index (χ0n) is 14.9. The van der Waals surface area contributed by atoms with Gasteiger partial charge in [0.25, 0.3) is 5.91 Å². The number of benzene rings is 2. The lowest BCUT2D eigenvalue weighted by Gasteiger charge is -2.25. The molecule has 2 N–H and O–H groups in total. The Balaban J connectivity index is 1.68. The summed E-state index contributed by atoms with van der Waals surface area (Å²) in [6.45, 7) is 1.85. The van der Waals surface area contributed by atoms with Gasteiger partial charge in [0.1, 0.15) is 12.1 Å². The smallest absolute Gasteiger partial charge is 0.325 e. The molecule has 0 aromatic heterocycles. The number of rotatable bonds is 6. The third-order valence-corrected chi connectivity index (χ3v) is 5.21. The zero-order valence-corrected chi connectivity index (χ0v) is 16.5. The fraction of sp³-hybridized carbons (Fsp3) is 0.250. The first-order valence-corrected chi connectivity index (χ1v) is 9.46. The Morgan fingerprint density at radius 3 is 2.41 bits per heavy atom. The van der Waals surface area contributed by atoms with Crippen molar-refractivity contribution in [3.8, 4) is 0 Å². The lowest BCUT2D eigenvalue weighted by atomic mass is 9.87. The molecule has 4 amide bonds. The van der Waals surface area contributed by atoms with Crippen molar-refractivity contribution in [3.63, 3.8) is 0 Å². The van der Waals surface area contributed by atoms with Crippen molar-refractivity contribution in [2.24, 2.45) is 0 Å². The first-order chi connectivity index (χ1) is 13.0. The van der Waals surface area contributed by atoms with Crippen molar-refractivity contribution >= 4 is 33.8 Å². The van der Waals surface area contributed by atoms with E-state index in [9.17, 15) is 14.4 Å². The zero-order chi connectivity index (χ0) is 19.4. The molecule has 0 saturated carbocycles. The Morgan fingerprint density at radius 1 is 1.11 bits per heavy atom. The average molecular weight is 430 g/mol. The molecule has 1 saturated heterocycles. The van der Waals surface area contributed by atoms with Crippen LogP contribution in [-0.4, -0.2) is 29.3 Å². The number of nitrogens with one attached hydrogen (secondary N) is 2. The fourth-order valence-corrected chi connectivity index (χ4v) is 3.40. The van der Waals surface area contributed by atoms with Gasteiger partial charge in [0.05, 0.1) is 0 Å². The van der Waals surface area contributed by atoms with Crippen molar-refractivity contribution in [3.05, 3.63) is 70.2 Å². The van der Waals surface area contributed by atoms with E-state index in [4.69, 9.17) is 0 Å². The van der Waals surface area contributed by atoms with Gasteiger partial charge in [0.2, 0.25) is 5.91 Å². The maximum atomic E-state index is 13.0. The van der Waals surface area contributed by atoms with Gasteiger partial charge < -0.3 is 10.6 Å². The molecular weight excluding hydrogens is 410 g/mol. The first kappa shape index (κ1) is 19.1. The van der Waals surface area contributed by atoms with Gasteiger partial charge >= 0.3 is 6.03 Å². The minimum atomic E-state index is -1.12. The minimum absolute atomic E-state index is 0.310. The Kier molecular flexibility index (Phi) is 5.60. The van der Waals surface area contributed by atoms with E-state index in [1.807, 2.05) is 49.4 Å². The van der Waals surface area contributed by atoms with Crippen LogP contribution < -0.4 is 10.6 Å². The summed E-state index contributed by atoms with van der Waals surface area (Å²) in [5.74, 6) is -0.790. The van der Waals surface area contributed by atoms with E-state index < -0.39 is 17.5 Å². The highest BCUT2D eigenvalue weighted by Gasteiger charge is 2.51. The van der Waals surface area contributed by atoms with Crippen LogP contribution in [0.3, 0.4) is 0 Å². The van der Waals surface area contributed by atoms with E-state index in [1.54, 1.807) is 12.1 Å². The van der Waals surface area contributed by atoms with Crippen LogP contribution in [0.25, 0.3) is 0 Å². The average Bonchev–Trinajstić information content (AvgIpc) is 2.93. The highest BCUT2D eigenvalue weighted by atomic mass is 79.9. The molecule has 0 spiro atoms. The Labute approximate surface area is 166 Å². The molecule has 0 radical (unpaired) electrons. The van der Waals surface area contributed by atoms with Crippen LogP contribution in [0.15, 0.2) is 59.1 Å². The maximum absolute atomic E-state index is 13.0. The molecule has 1 aliphatic rings. The van der Waals surface area contributed by atoms with Gasteiger partial charge in [-0.3, -0.25) is 14.5 Å². The molecule has 1 atom stereocenters. The summed E-state index contributed by atoms with van der Waals surface area (Å²) >= 11 is 3.36. The van der Waals surface area contributed by atoms with Crippen molar-refractivity contribution in [2.75, 3.05) is 6.54 Å². The molecule has 3 rings (SSSR count). The predicted molar refractivity (Wildman–Crippen MR) is 105 cm³/mol. The van der Waals surface area contributed by atoms with Crippen LogP contribution in [0.1, 0.15) is 24.5 Å². The van der Waals surface area contributed by atoms with E-state index in [1.165, 1.54) is 0 Å². The number of urea groups is 1. The molecule has 140 valence electrons. The third-order valence-electron chi connectivity index (χ3n) is 4.68. The van der Waals surface area contributed by atoms with Crippen molar-refractivity contribution in [1.82, 2.24) is 15.5 Å². The summed E-state index contributed by atoms with van der Waals surface area (Å²) in [5.41, 5.74) is 0.518. The van der Waals surface area contributed by atoms with Crippen LogP contribution in [-0.2, 0) is 21.7 Å². The number of carbonyl (C=O) groups excluding carboxylic acids is 3. The van der Waals surface area contributed by atoms with Crippen molar-refractivity contribution in [1.29, 1.82) is 0 Å². The van der Waals surface area contributed by atoms with Gasteiger partial charge in [0, 0.05) is 11.0 Å². The number of hydrogen-bond acceptors (Lipinski definition) is 3. The van der Waals surface area contributed by atoms with Crippen LogP contribution in [0.4, 0.5) is 4.79 Å². The second-order valence-corrected chi connectivity index (χ2v) is 7.27. The molecular formula is C20H20BrN3O3. The van der Waals surface area contributed by atoms with Gasteiger partial charge in [-0.25, -0.2) is 4.79 Å². The summed E-state index contributed by atoms with van der Waals surface area (Å²) in [5, 5.41) is 5.51. The third kappa shape index (κ3) is 3.88. The topological polar surface area (TPSA) is 78.5 Å². The van der Waals surface area contributed by atoms with E-state index in [0.29, 0.717) is 18.5 Å². The highest BCUT2D eigenvalue weighted by molar-refractivity contribution is 9.10. The molecule has 7 heteroatoms. The van der Waals surface area contributed by atoms with E-state index >= 15 is 0 Å². The number of carbonyl (C=O) groups is 3.